The van der Waals surface area contributed by atoms with E-state index >= 15 is 0 Å². The Bertz CT molecular complexity index is 1070. The van der Waals surface area contributed by atoms with Crippen LogP contribution in [0.3, 0.4) is 0 Å². The van der Waals surface area contributed by atoms with Gasteiger partial charge in [0, 0.05) is 23.0 Å². The van der Waals surface area contributed by atoms with Gasteiger partial charge in [-0.15, -0.1) is 0 Å². The van der Waals surface area contributed by atoms with Crippen LogP contribution in [0.2, 0.25) is 0 Å². The maximum Gasteiger partial charge on any atom is 0.276 e. The Morgan fingerprint density at radius 3 is 2.41 bits per heavy atom. The van der Waals surface area contributed by atoms with Crippen molar-refractivity contribution in [3.63, 3.8) is 0 Å². The molecule has 3 aromatic rings. The average molecular weight is 391 g/mol. The summed E-state index contributed by atoms with van der Waals surface area (Å²) in [6.45, 7) is 3.98. The van der Waals surface area contributed by atoms with Crippen molar-refractivity contribution in [2.45, 2.75) is 33.1 Å². The van der Waals surface area contributed by atoms with E-state index in [0.717, 1.165) is 41.8 Å². The lowest BCUT2D eigenvalue weighted by molar-refractivity contribution is 0.102. The van der Waals surface area contributed by atoms with Crippen LogP contribution >= 0.6 is 0 Å². The topological polar surface area (TPSA) is 65.4 Å². The molecule has 0 saturated carbocycles. The number of aromatic nitrogens is 2. The minimum absolute atomic E-state index is 0.204. The number of methoxy groups -OCH3 is 2. The number of ether oxygens (including phenoxy) is 2. The smallest absolute Gasteiger partial charge is 0.276 e. The van der Waals surface area contributed by atoms with Crippen molar-refractivity contribution in [1.29, 1.82) is 0 Å². The number of benzene rings is 2. The highest BCUT2D eigenvalue weighted by atomic mass is 16.5. The van der Waals surface area contributed by atoms with Gasteiger partial charge in [0.2, 0.25) is 0 Å². The summed E-state index contributed by atoms with van der Waals surface area (Å²) < 4.78 is 12.6. The third-order valence-electron chi connectivity index (χ3n) is 5.40. The largest absolute Gasteiger partial charge is 0.493 e. The molecule has 0 bridgehead atoms. The average Bonchev–Trinajstić information content (AvgIpc) is 3.32. The van der Waals surface area contributed by atoms with Crippen molar-refractivity contribution < 1.29 is 14.3 Å². The normalized spacial score (nSPS) is 12.6. The van der Waals surface area contributed by atoms with E-state index in [4.69, 9.17) is 9.47 Å². The molecule has 1 heterocycles. The minimum atomic E-state index is -0.204. The first kappa shape index (κ1) is 19.1. The number of nitrogens with zero attached hydrogens (tertiary/aromatic N) is 2. The lowest BCUT2D eigenvalue weighted by atomic mass is 10.1. The van der Waals surface area contributed by atoms with Crippen LogP contribution in [0.1, 0.15) is 39.3 Å². The van der Waals surface area contributed by atoms with Crippen molar-refractivity contribution in [2.24, 2.45) is 0 Å². The number of hydrogen-bond donors (Lipinski definition) is 1. The van der Waals surface area contributed by atoms with Gasteiger partial charge in [-0.3, -0.25) is 4.79 Å². The molecule has 0 fully saturated rings. The highest BCUT2D eigenvalue weighted by Crippen LogP contribution is 2.34. The molecular weight excluding hydrogens is 366 g/mol. The summed E-state index contributed by atoms with van der Waals surface area (Å²) in [6, 6.07) is 11.8. The number of hydrogen-bond acceptors (Lipinski definition) is 4. The fourth-order valence-corrected chi connectivity index (χ4v) is 3.82. The maximum absolute atomic E-state index is 13.1. The molecule has 1 aliphatic carbocycles. The Labute approximate surface area is 170 Å². The van der Waals surface area contributed by atoms with E-state index in [-0.39, 0.29) is 5.91 Å². The maximum atomic E-state index is 13.1. The number of nitrogens with one attached hydrogen (secondary N) is 1. The van der Waals surface area contributed by atoms with Crippen molar-refractivity contribution in [1.82, 2.24) is 9.78 Å². The SMILES string of the molecule is COc1cc(C)c(NC(=O)c2nn(-c3ccc(C)cc3)c3c2CCC3)cc1OC. The van der Waals surface area contributed by atoms with E-state index in [1.54, 1.807) is 20.3 Å². The number of aryl methyl sites for hydroxylation is 2. The molecule has 4 rings (SSSR count). The molecule has 1 aliphatic rings. The van der Waals surface area contributed by atoms with Crippen molar-refractivity contribution in [3.05, 3.63) is 64.5 Å². The minimum Gasteiger partial charge on any atom is -0.493 e. The van der Waals surface area contributed by atoms with Gasteiger partial charge in [0.15, 0.2) is 17.2 Å². The molecule has 2 aromatic carbocycles. The third-order valence-corrected chi connectivity index (χ3v) is 5.40. The first-order valence-electron chi connectivity index (χ1n) is 9.73. The number of amides is 1. The summed E-state index contributed by atoms with van der Waals surface area (Å²) in [5.74, 6) is 1.00. The molecule has 0 unspecified atom stereocenters. The number of fused-ring (bicyclic) bond motifs is 1. The standard InChI is InChI=1S/C23H25N3O3/c1-14-8-10-16(11-9-14)26-19-7-5-6-17(19)22(25-26)23(27)24-18-13-21(29-4)20(28-3)12-15(18)2/h8-13H,5-7H2,1-4H3,(H,24,27). The van der Waals surface area contributed by atoms with Crippen LogP contribution in [-0.4, -0.2) is 29.9 Å². The molecule has 0 spiro atoms. The zero-order valence-electron chi connectivity index (χ0n) is 17.2. The molecule has 1 amide bonds. The molecule has 1 N–H and O–H groups in total. The van der Waals surface area contributed by atoms with Crippen LogP contribution in [0, 0.1) is 13.8 Å². The first-order valence-corrected chi connectivity index (χ1v) is 9.73. The summed E-state index contributed by atoms with van der Waals surface area (Å²) in [5, 5.41) is 7.69. The van der Waals surface area contributed by atoms with E-state index in [2.05, 4.69) is 29.5 Å². The lowest BCUT2D eigenvalue weighted by Crippen LogP contribution is -2.16. The summed E-state index contributed by atoms with van der Waals surface area (Å²) in [4.78, 5) is 13.1. The van der Waals surface area contributed by atoms with Gasteiger partial charge in [0.05, 0.1) is 19.9 Å². The number of rotatable bonds is 5. The molecule has 29 heavy (non-hydrogen) atoms. The second-order valence-electron chi connectivity index (χ2n) is 7.35. The van der Waals surface area contributed by atoms with E-state index in [9.17, 15) is 4.79 Å². The molecular formula is C23H25N3O3. The summed E-state index contributed by atoms with van der Waals surface area (Å²) in [5.41, 5.74) is 6.42. The van der Waals surface area contributed by atoms with Crippen LogP contribution in [0.4, 0.5) is 5.69 Å². The predicted molar refractivity (Wildman–Crippen MR) is 113 cm³/mol. The Morgan fingerprint density at radius 2 is 1.72 bits per heavy atom. The summed E-state index contributed by atoms with van der Waals surface area (Å²) in [6.07, 6.45) is 2.84. The second kappa shape index (κ2) is 7.62. The molecule has 0 aliphatic heterocycles. The monoisotopic (exact) mass is 391 g/mol. The van der Waals surface area contributed by atoms with Gasteiger partial charge in [-0.05, 0) is 56.9 Å². The molecule has 0 radical (unpaired) electrons. The van der Waals surface area contributed by atoms with Crippen LogP contribution in [-0.2, 0) is 12.8 Å². The molecule has 0 atom stereocenters. The Balaban J connectivity index is 1.68. The Hall–Kier alpha value is -3.28. The molecule has 6 heteroatoms. The zero-order chi connectivity index (χ0) is 20.5. The summed E-state index contributed by atoms with van der Waals surface area (Å²) in [7, 11) is 3.17. The van der Waals surface area contributed by atoms with E-state index in [1.165, 1.54) is 5.56 Å². The fraction of sp³-hybridized carbons (Fsp3) is 0.304. The van der Waals surface area contributed by atoms with Gasteiger partial charge in [0.25, 0.3) is 5.91 Å². The van der Waals surface area contributed by atoms with E-state index < -0.39 is 0 Å². The van der Waals surface area contributed by atoms with E-state index in [0.29, 0.717) is 22.9 Å². The quantitative estimate of drug-likeness (QED) is 0.706. The Kier molecular flexibility index (Phi) is 5.01. The van der Waals surface area contributed by atoms with Gasteiger partial charge in [0.1, 0.15) is 0 Å². The third kappa shape index (κ3) is 3.46. The highest BCUT2D eigenvalue weighted by Gasteiger charge is 2.27. The van der Waals surface area contributed by atoms with Crippen molar-refractivity contribution in [3.8, 4) is 17.2 Å². The number of anilines is 1. The zero-order valence-corrected chi connectivity index (χ0v) is 17.2. The molecule has 0 saturated heterocycles. The van der Waals surface area contributed by atoms with Gasteiger partial charge in [-0.1, -0.05) is 17.7 Å². The Morgan fingerprint density at radius 1 is 1.03 bits per heavy atom. The molecule has 1 aromatic heterocycles. The number of carbonyl (C=O) groups excluding carboxylic acids is 1. The fourth-order valence-electron chi connectivity index (χ4n) is 3.82. The van der Waals surface area contributed by atoms with Crippen LogP contribution in [0.5, 0.6) is 11.5 Å². The van der Waals surface area contributed by atoms with Crippen molar-refractivity contribution in [2.75, 3.05) is 19.5 Å². The first-order chi connectivity index (χ1) is 14.0. The molecule has 6 nitrogen and oxygen atoms in total. The van der Waals surface area contributed by atoms with Gasteiger partial charge >= 0.3 is 0 Å². The van der Waals surface area contributed by atoms with Gasteiger partial charge in [-0.25, -0.2) is 4.68 Å². The van der Waals surface area contributed by atoms with Crippen LogP contribution < -0.4 is 14.8 Å². The summed E-state index contributed by atoms with van der Waals surface area (Å²) >= 11 is 0. The number of carbonyl (C=O) groups is 1. The van der Waals surface area contributed by atoms with Crippen LogP contribution in [0.25, 0.3) is 5.69 Å². The van der Waals surface area contributed by atoms with E-state index in [1.807, 2.05) is 29.8 Å². The predicted octanol–water partition coefficient (Wildman–Crippen LogP) is 4.25. The van der Waals surface area contributed by atoms with Gasteiger partial charge < -0.3 is 14.8 Å². The lowest BCUT2D eigenvalue weighted by Gasteiger charge is -2.13. The van der Waals surface area contributed by atoms with Crippen molar-refractivity contribution >= 4 is 11.6 Å². The second-order valence-corrected chi connectivity index (χ2v) is 7.35. The molecule has 150 valence electrons. The van der Waals surface area contributed by atoms with Gasteiger partial charge in [-0.2, -0.15) is 5.10 Å². The van der Waals surface area contributed by atoms with Crippen LogP contribution in [0.15, 0.2) is 36.4 Å². The highest BCUT2D eigenvalue weighted by molar-refractivity contribution is 6.04.